The molecule has 92 valence electrons. The topological polar surface area (TPSA) is 68.0 Å². The molecule has 0 atom stereocenters. The summed E-state index contributed by atoms with van der Waals surface area (Å²) in [5, 5.41) is 2.60. The lowest BCUT2D eigenvalue weighted by atomic mass is 10.1. The normalized spacial score (nSPS) is 10.1. The number of carbonyl (C=O) groups is 1. The van der Waals surface area contributed by atoms with Gasteiger partial charge in [0, 0.05) is 11.9 Å². The van der Waals surface area contributed by atoms with E-state index >= 15 is 0 Å². The predicted molar refractivity (Wildman–Crippen MR) is 67.7 cm³/mol. The fourth-order valence-corrected chi connectivity index (χ4v) is 1.52. The number of pyridine rings is 1. The van der Waals surface area contributed by atoms with Crippen LogP contribution in [0.4, 0.5) is 15.9 Å². The highest BCUT2D eigenvalue weighted by Crippen LogP contribution is 2.16. The summed E-state index contributed by atoms with van der Waals surface area (Å²) in [6, 6.07) is 7.25. The molecule has 4 nitrogen and oxygen atoms in total. The third-order valence-electron chi connectivity index (χ3n) is 2.50. The number of halogens is 1. The molecule has 2 aromatic rings. The van der Waals surface area contributed by atoms with E-state index in [9.17, 15) is 9.18 Å². The zero-order valence-electron chi connectivity index (χ0n) is 9.77. The van der Waals surface area contributed by atoms with Gasteiger partial charge in [0.05, 0.1) is 5.56 Å². The maximum Gasteiger partial charge on any atom is 0.259 e. The standard InChI is InChI=1S/C13H12FN3O/c1-8-3-2-6-16-12(8)17-13(18)10-7-9(14)4-5-11(10)15/h2-7H,15H2,1H3,(H,16,17,18). The van der Waals surface area contributed by atoms with Crippen molar-refractivity contribution in [3.8, 4) is 0 Å². The molecule has 0 unspecified atom stereocenters. The smallest absolute Gasteiger partial charge is 0.259 e. The third-order valence-corrected chi connectivity index (χ3v) is 2.50. The van der Waals surface area contributed by atoms with Crippen molar-refractivity contribution in [2.24, 2.45) is 0 Å². The maximum absolute atomic E-state index is 13.1. The van der Waals surface area contributed by atoms with Crippen LogP contribution >= 0.6 is 0 Å². The van der Waals surface area contributed by atoms with Crippen molar-refractivity contribution in [3.63, 3.8) is 0 Å². The second-order valence-corrected chi connectivity index (χ2v) is 3.85. The lowest BCUT2D eigenvalue weighted by Gasteiger charge is -2.08. The van der Waals surface area contributed by atoms with Gasteiger partial charge in [0.2, 0.25) is 0 Å². The van der Waals surface area contributed by atoms with Crippen LogP contribution in [-0.4, -0.2) is 10.9 Å². The highest BCUT2D eigenvalue weighted by atomic mass is 19.1. The van der Waals surface area contributed by atoms with Gasteiger partial charge in [-0.15, -0.1) is 0 Å². The van der Waals surface area contributed by atoms with Crippen LogP contribution in [0.5, 0.6) is 0 Å². The first-order valence-corrected chi connectivity index (χ1v) is 5.36. The first-order valence-electron chi connectivity index (χ1n) is 5.36. The molecule has 0 spiro atoms. The summed E-state index contributed by atoms with van der Waals surface area (Å²) in [7, 11) is 0. The molecule has 0 aliphatic heterocycles. The van der Waals surface area contributed by atoms with E-state index in [1.165, 1.54) is 12.1 Å². The fourth-order valence-electron chi connectivity index (χ4n) is 1.52. The van der Waals surface area contributed by atoms with Gasteiger partial charge in [-0.3, -0.25) is 4.79 Å². The van der Waals surface area contributed by atoms with Crippen molar-refractivity contribution >= 4 is 17.4 Å². The number of aryl methyl sites for hydroxylation is 1. The molecule has 0 radical (unpaired) electrons. The lowest BCUT2D eigenvalue weighted by molar-refractivity contribution is 0.102. The molecule has 0 saturated carbocycles. The van der Waals surface area contributed by atoms with Crippen LogP contribution in [-0.2, 0) is 0 Å². The largest absolute Gasteiger partial charge is 0.398 e. The van der Waals surface area contributed by atoms with Gasteiger partial charge >= 0.3 is 0 Å². The van der Waals surface area contributed by atoms with Crippen LogP contribution in [0, 0.1) is 12.7 Å². The molecule has 1 amide bonds. The van der Waals surface area contributed by atoms with Crippen molar-refractivity contribution < 1.29 is 9.18 Å². The molecule has 1 aromatic carbocycles. The van der Waals surface area contributed by atoms with Gasteiger partial charge in [0.1, 0.15) is 11.6 Å². The number of carbonyl (C=O) groups excluding carboxylic acids is 1. The molecule has 3 N–H and O–H groups in total. The number of benzene rings is 1. The van der Waals surface area contributed by atoms with E-state index in [0.717, 1.165) is 11.6 Å². The maximum atomic E-state index is 13.1. The summed E-state index contributed by atoms with van der Waals surface area (Å²) in [4.78, 5) is 16.0. The molecule has 0 aliphatic carbocycles. The van der Waals surface area contributed by atoms with E-state index in [2.05, 4.69) is 10.3 Å². The minimum absolute atomic E-state index is 0.0973. The van der Waals surface area contributed by atoms with Gasteiger partial charge in [-0.2, -0.15) is 0 Å². The summed E-state index contributed by atoms with van der Waals surface area (Å²) >= 11 is 0. The van der Waals surface area contributed by atoms with Crippen molar-refractivity contribution in [2.45, 2.75) is 6.92 Å². The van der Waals surface area contributed by atoms with Crippen LogP contribution in [0.3, 0.4) is 0 Å². The van der Waals surface area contributed by atoms with Gasteiger partial charge < -0.3 is 11.1 Å². The number of aromatic nitrogens is 1. The number of nitrogen functional groups attached to an aromatic ring is 1. The number of hydrogen-bond donors (Lipinski definition) is 2. The van der Waals surface area contributed by atoms with E-state index < -0.39 is 11.7 Å². The Labute approximate surface area is 104 Å². The summed E-state index contributed by atoms with van der Waals surface area (Å²) in [5.41, 5.74) is 6.78. The Morgan fingerprint density at radius 1 is 1.39 bits per heavy atom. The molecule has 2 rings (SSSR count). The number of rotatable bonds is 2. The molecule has 1 heterocycles. The van der Waals surface area contributed by atoms with E-state index in [-0.39, 0.29) is 11.3 Å². The molecule has 0 bridgehead atoms. The summed E-state index contributed by atoms with van der Waals surface area (Å²) in [6.45, 7) is 1.82. The average Bonchev–Trinajstić information content (AvgIpc) is 2.35. The van der Waals surface area contributed by atoms with Crippen molar-refractivity contribution in [1.82, 2.24) is 4.98 Å². The number of nitrogens with two attached hydrogens (primary N) is 1. The van der Waals surface area contributed by atoms with Crippen LogP contribution in [0.15, 0.2) is 36.5 Å². The number of hydrogen-bond acceptors (Lipinski definition) is 3. The van der Waals surface area contributed by atoms with E-state index in [1.807, 2.05) is 13.0 Å². The quantitative estimate of drug-likeness (QED) is 0.798. The monoisotopic (exact) mass is 245 g/mol. The first kappa shape index (κ1) is 12.0. The molecule has 0 aliphatic rings. The van der Waals surface area contributed by atoms with Crippen LogP contribution in [0.25, 0.3) is 0 Å². The molecule has 18 heavy (non-hydrogen) atoms. The van der Waals surface area contributed by atoms with Crippen LogP contribution in [0.2, 0.25) is 0 Å². The summed E-state index contributed by atoms with van der Waals surface area (Å²) in [6.07, 6.45) is 1.57. The SMILES string of the molecule is Cc1cccnc1NC(=O)c1cc(F)ccc1N. The van der Waals surface area contributed by atoms with E-state index in [0.29, 0.717) is 5.82 Å². The highest BCUT2D eigenvalue weighted by Gasteiger charge is 2.12. The number of nitrogens with one attached hydrogen (secondary N) is 1. The number of anilines is 2. The van der Waals surface area contributed by atoms with Gasteiger partial charge in [-0.25, -0.2) is 9.37 Å². The number of amides is 1. The zero-order chi connectivity index (χ0) is 13.1. The predicted octanol–water partition coefficient (Wildman–Crippen LogP) is 2.36. The minimum Gasteiger partial charge on any atom is -0.398 e. The molecule has 1 aromatic heterocycles. The van der Waals surface area contributed by atoms with Crippen LogP contribution < -0.4 is 11.1 Å². The zero-order valence-corrected chi connectivity index (χ0v) is 9.77. The van der Waals surface area contributed by atoms with Gasteiger partial charge in [0.25, 0.3) is 5.91 Å². The Kier molecular flexibility index (Phi) is 3.23. The average molecular weight is 245 g/mol. The fraction of sp³-hybridized carbons (Fsp3) is 0.0769. The van der Waals surface area contributed by atoms with Crippen LogP contribution in [0.1, 0.15) is 15.9 Å². The van der Waals surface area contributed by atoms with Crippen molar-refractivity contribution in [3.05, 3.63) is 53.5 Å². The molecular formula is C13H12FN3O. The summed E-state index contributed by atoms with van der Waals surface area (Å²) < 4.78 is 13.1. The Hall–Kier alpha value is -2.43. The lowest BCUT2D eigenvalue weighted by Crippen LogP contribution is -2.15. The van der Waals surface area contributed by atoms with Gasteiger partial charge in [0.15, 0.2) is 0 Å². The van der Waals surface area contributed by atoms with Gasteiger partial charge in [-0.05, 0) is 36.8 Å². The van der Waals surface area contributed by atoms with E-state index in [1.54, 1.807) is 12.3 Å². The third kappa shape index (κ3) is 2.45. The van der Waals surface area contributed by atoms with Crippen molar-refractivity contribution in [2.75, 3.05) is 11.1 Å². The van der Waals surface area contributed by atoms with E-state index in [4.69, 9.17) is 5.73 Å². The van der Waals surface area contributed by atoms with Gasteiger partial charge in [-0.1, -0.05) is 6.07 Å². The first-order chi connectivity index (χ1) is 8.58. The Bertz CT molecular complexity index is 599. The second kappa shape index (κ2) is 4.83. The highest BCUT2D eigenvalue weighted by molar-refractivity contribution is 6.07. The second-order valence-electron chi connectivity index (χ2n) is 3.85. The van der Waals surface area contributed by atoms with Crippen molar-refractivity contribution in [1.29, 1.82) is 0 Å². The Morgan fingerprint density at radius 3 is 2.89 bits per heavy atom. The number of nitrogens with zero attached hydrogens (tertiary/aromatic N) is 1. The molecular weight excluding hydrogens is 233 g/mol. The Balaban J connectivity index is 2.28. The molecule has 0 fully saturated rings. The molecule has 0 saturated heterocycles. The Morgan fingerprint density at radius 2 is 2.17 bits per heavy atom. The minimum atomic E-state index is -0.507. The molecule has 5 heteroatoms. The summed E-state index contributed by atoms with van der Waals surface area (Å²) in [5.74, 6) is -0.549.